The normalized spacial score (nSPS) is 24.2. The Morgan fingerprint density at radius 2 is 1.73 bits per heavy atom. The topological polar surface area (TPSA) is 123 Å². The Morgan fingerprint density at radius 3 is 2.25 bits per heavy atom. The van der Waals surface area contributed by atoms with Gasteiger partial charge in [-0.2, -0.15) is 0 Å². The number of carbonyl (C=O) groups is 4. The maximum absolute atomic E-state index is 14.2. The molecular formula is C33H57N3O7Si. The summed E-state index contributed by atoms with van der Waals surface area (Å²) in [5.74, 6) is -1.58. The quantitative estimate of drug-likeness (QED) is 0.103. The van der Waals surface area contributed by atoms with Gasteiger partial charge in [-0.1, -0.05) is 45.8 Å². The van der Waals surface area contributed by atoms with E-state index in [4.69, 9.17) is 13.9 Å². The summed E-state index contributed by atoms with van der Waals surface area (Å²) in [4.78, 5) is 55.4. The van der Waals surface area contributed by atoms with Crippen molar-refractivity contribution in [1.82, 2.24) is 15.5 Å². The van der Waals surface area contributed by atoms with Crippen LogP contribution in [0, 0.1) is 5.92 Å². The second kappa shape index (κ2) is 15.1. The fraction of sp³-hybridized carbons (Fsp3) is 0.758. The van der Waals surface area contributed by atoms with Crippen LogP contribution in [0.4, 0.5) is 4.79 Å². The molecule has 10 nitrogen and oxygen atoms in total. The van der Waals surface area contributed by atoms with Gasteiger partial charge in [0.05, 0.1) is 12.7 Å². The molecule has 1 saturated heterocycles. The molecule has 0 aromatic carbocycles. The number of likely N-dealkylation sites (tertiary alicyclic amines) is 1. The van der Waals surface area contributed by atoms with Crippen molar-refractivity contribution in [1.29, 1.82) is 0 Å². The minimum absolute atomic E-state index is 0.0758. The molecule has 2 N–H and O–H groups in total. The molecule has 2 rings (SSSR count). The predicted octanol–water partition coefficient (Wildman–Crippen LogP) is 5.63. The lowest BCUT2D eigenvalue weighted by atomic mass is 10.0. The van der Waals surface area contributed by atoms with Crippen molar-refractivity contribution in [3.8, 4) is 0 Å². The third-order valence-electron chi connectivity index (χ3n) is 8.79. The van der Waals surface area contributed by atoms with Gasteiger partial charge in [0.2, 0.25) is 11.8 Å². The Kier molecular flexibility index (Phi) is 12.9. The first-order valence-corrected chi connectivity index (χ1v) is 18.9. The Labute approximate surface area is 265 Å². The fourth-order valence-corrected chi connectivity index (χ4v) is 6.61. The summed E-state index contributed by atoms with van der Waals surface area (Å²) in [7, 11) is -2.25. The number of esters is 1. The second-order valence-corrected chi connectivity index (χ2v) is 19.4. The number of hydrogen-bond donors (Lipinski definition) is 2. The summed E-state index contributed by atoms with van der Waals surface area (Å²) in [5, 5.41) is 5.63. The first-order chi connectivity index (χ1) is 20.3. The molecular weight excluding hydrogens is 578 g/mol. The van der Waals surface area contributed by atoms with Gasteiger partial charge in [0.25, 0.3) is 0 Å². The summed E-state index contributed by atoms with van der Waals surface area (Å²) < 4.78 is 17.5. The van der Waals surface area contributed by atoms with Crippen LogP contribution in [0.25, 0.3) is 0 Å². The highest BCUT2D eigenvalue weighted by atomic mass is 28.4. The third kappa shape index (κ3) is 9.92. The molecule has 1 saturated carbocycles. The van der Waals surface area contributed by atoms with Crippen molar-refractivity contribution in [3.05, 3.63) is 25.3 Å². The molecule has 1 aliphatic heterocycles. The number of amides is 3. The Bertz CT molecular complexity index is 1060. The molecule has 1 unspecified atom stereocenters. The van der Waals surface area contributed by atoms with Gasteiger partial charge in [-0.15, -0.1) is 13.2 Å². The zero-order valence-corrected chi connectivity index (χ0v) is 29.5. The standard InChI is InChI=1S/C33H57N3O7Si/c1-12-15-16-17-18-19-25(34-30(40)42-31(4,5)6)28(38)36-22-24(43-44(10,11)32(7,8)9)20-26(36)27(37)35-33(21-23(33)13-2)29(39)41-14-3/h12-13,23-26H,1-2,14-22H2,3-11H3,(H,34,40)(H,35,37)/t23?,24-,25+,26+,33-/m1/s1. The van der Waals surface area contributed by atoms with Crippen LogP contribution in [-0.2, 0) is 28.3 Å². The van der Waals surface area contributed by atoms with Crippen LogP contribution in [0.2, 0.25) is 18.1 Å². The molecule has 0 bridgehead atoms. The van der Waals surface area contributed by atoms with Crippen LogP contribution in [-0.4, -0.2) is 79.6 Å². The van der Waals surface area contributed by atoms with Gasteiger partial charge < -0.3 is 29.4 Å². The molecule has 0 aromatic rings. The third-order valence-corrected chi connectivity index (χ3v) is 13.3. The SMILES string of the molecule is C=CCCCCC[C@H](NC(=O)OC(C)(C)C)C(=O)N1C[C@H](O[Si](C)(C)C(C)(C)C)C[C@H]1C(=O)N[C@]1(C(=O)OCC)CC1C=C. The van der Waals surface area contributed by atoms with Crippen molar-refractivity contribution in [2.45, 2.75) is 141 Å². The van der Waals surface area contributed by atoms with E-state index in [-0.39, 0.29) is 42.5 Å². The van der Waals surface area contributed by atoms with Crippen molar-refractivity contribution in [3.63, 3.8) is 0 Å². The molecule has 2 fully saturated rings. The maximum atomic E-state index is 14.2. The van der Waals surface area contributed by atoms with E-state index in [1.807, 2.05) is 6.08 Å². The molecule has 2 aliphatic rings. The highest BCUT2D eigenvalue weighted by Crippen LogP contribution is 2.46. The number of nitrogens with zero attached hydrogens (tertiary/aromatic N) is 1. The fourth-order valence-electron chi connectivity index (χ4n) is 5.25. The van der Waals surface area contributed by atoms with Gasteiger partial charge in [0, 0.05) is 18.9 Å². The number of ether oxygens (including phenoxy) is 2. The van der Waals surface area contributed by atoms with Crippen LogP contribution < -0.4 is 10.6 Å². The monoisotopic (exact) mass is 635 g/mol. The van der Waals surface area contributed by atoms with Gasteiger partial charge in [-0.25, -0.2) is 9.59 Å². The minimum Gasteiger partial charge on any atom is -0.464 e. The summed E-state index contributed by atoms with van der Waals surface area (Å²) in [6.07, 6.45) is 6.84. The number of unbranched alkanes of at least 4 members (excludes halogenated alkanes) is 3. The van der Waals surface area contributed by atoms with E-state index in [2.05, 4.69) is 57.7 Å². The predicted molar refractivity (Wildman–Crippen MR) is 174 cm³/mol. The van der Waals surface area contributed by atoms with Gasteiger partial charge in [-0.3, -0.25) is 9.59 Å². The van der Waals surface area contributed by atoms with E-state index < -0.39 is 49.5 Å². The van der Waals surface area contributed by atoms with Gasteiger partial charge >= 0.3 is 12.1 Å². The van der Waals surface area contributed by atoms with E-state index in [9.17, 15) is 19.2 Å². The van der Waals surface area contributed by atoms with E-state index in [1.54, 1.807) is 33.8 Å². The molecule has 250 valence electrons. The summed E-state index contributed by atoms with van der Waals surface area (Å²) in [6, 6.07) is -1.78. The largest absolute Gasteiger partial charge is 0.464 e. The average molecular weight is 636 g/mol. The number of hydrogen-bond acceptors (Lipinski definition) is 7. The molecule has 44 heavy (non-hydrogen) atoms. The molecule has 5 atom stereocenters. The minimum atomic E-state index is -2.25. The Hall–Kier alpha value is -2.66. The summed E-state index contributed by atoms with van der Waals surface area (Å²) >= 11 is 0. The van der Waals surface area contributed by atoms with Crippen molar-refractivity contribution in [2.24, 2.45) is 5.92 Å². The van der Waals surface area contributed by atoms with Gasteiger partial charge in [0.15, 0.2) is 8.32 Å². The molecule has 0 spiro atoms. The Morgan fingerprint density at radius 1 is 1.07 bits per heavy atom. The van der Waals surface area contributed by atoms with Crippen molar-refractivity contribution in [2.75, 3.05) is 13.2 Å². The summed E-state index contributed by atoms with van der Waals surface area (Å²) in [6.45, 7) is 25.6. The molecule has 1 heterocycles. The molecule has 3 amide bonds. The second-order valence-electron chi connectivity index (χ2n) is 14.6. The first kappa shape index (κ1) is 37.5. The van der Waals surface area contributed by atoms with Gasteiger partial charge in [-0.05, 0) is 71.5 Å². The molecule has 11 heteroatoms. The van der Waals surface area contributed by atoms with Crippen LogP contribution in [0.5, 0.6) is 0 Å². The van der Waals surface area contributed by atoms with Crippen LogP contribution in [0.3, 0.4) is 0 Å². The maximum Gasteiger partial charge on any atom is 0.408 e. The van der Waals surface area contributed by atoms with Crippen LogP contribution >= 0.6 is 0 Å². The Balaban J connectivity index is 2.38. The smallest absolute Gasteiger partial charge is 0.408 e. The van der Waals surface area contributed by atoms with Crippen LogP contribution in [0.15, 0.2) is 25.3 Å². The van der Waals surface area contributed by atoms with E-state index >= 15 is 0 Å². The van der Waals surface area contributed by atoms with Crippen molar-refractivity contribution < 1.29 is 33.1 Å². The number of alkyl carbamates (subject to hydrolysis) is 1. The van der Waals surface area contributed by atoms with Crippen molar-refractivity contribution >= 4 is 32.2 Å². The zero-order valence-electron chi connectivity index (χ0n) is 28.5. The number of rotatable bonds is 15. The van der Waals surface area contributed by atoms with E-state index in [0.29, 0.717) is 19.3 Å². The molecule has 0 radical (unpaired) electrons. The molecule has 0 aromatic heterocycles. The zero-order chi connectivity index (χ0) is 33.5. The number of nitrogens with one attached hydrogen (secondary N) is 2. The van der Waals surface area contributed by atoms with E-state index in [1.165, 1.54) is 4.90 Å². The van der Waals surface area contributed by atoms with Crippen LogP contribution in [0.1, 0.15) is 93.4 Å². The highest BCUT2D eigenvalue weighted by molar-refractivity contribution is 6.74. The van der Waals surface area contributed by atoms with Gasteiger partial charge in [0.1, 0.15) is 23.2 Å². The number of carbonyl (C=O) groups excluding carboxylic acids is 4. The number of allylic oxidation sites excluding steroid dienone is 1. The lowest BCUT2D eigenvalue weighted by Crippen LogP contribution is -2.56. The highest BCUT2D eigenvalue weighted by Gasteiger charge is 2.62. The van der Waals surface area contributed by atoms with E-state index in [0.717, 1.165) is 19.3 Å². The molecule has 1 aliphatic carbocycles. The lowest BCUT2D eigenvalue weighted by molar-refractivity contribution is -0.150. The summed E-state index contributed by atoms with van der Waals surface area (Å²) in [5.41, 5.74) is -1.94. The first-order valence-electron chi connectivity index (χ1n) is 16.0. The lowest BCUT2D eigenvalue weighted by Gasteiger charge is -2.38. The average Bonchev–Trinajstić information content (AvgIpc) is 3.45.